The van der Waals surface area contributed by atoms with Gasteiger partial charge in [-0.05, 0) is 19.1 Å². The molecule has 5 nitrogen and oxygen atoms in total. The summed E-state index contributed by atoms with van der Waals surface area (Å²) < 4.78 is 9.61. The lowest BCUT2D eigenvalue weighted by atomic mass is 10.2. The minimum atomic E-state index is -0.371. The summed E-state index contributed by atoms with van der Waals surface area (Å²) in [6.07, 6.45) is 1.52. The van der Waals surface area contributed by atoms with Crippen LogP contribution in [0.15, 0.2) is 18.3 Å². The van der Waals surface area contributed by atoms with Crippen molar-refractivity contribution in [2.75, 3.05) is 20.8 Å². The number of nitrogens with one attached hydrogen (secondary N) is 1. The number of ether oxygens (including phenoxy) is 2. The summed E-state index contributed by atoms with van der Waals surface area (Å²) in [6.45, 7) is 3.33. The monoisotopic (exact) mass is 238 g/mol. The Bertz CT molecular complexity index is 351. The molecule has 0 radical (unpaired) electrons. The van der Waals surface area contributed by atoms with E-state index in [1.165, 1.54) is 13.3 Å². The highest BCUT2D eigenvalue weighted by molar-refractivity contribution is 5.88. The molecule has 0 fully saturated rings. The first kappa shape index (κ1) is 13.6. The van der Waals surface area contributed by atoms with Crippen LogP contribution in [0.4, 0.5) is 0 Å². The number of carbonyl (C=O) groups is 1. The van der Waals surface area contributed by atoms with E-state index in [-0.39, 0.29) is 12.0 Å². The molecule has 1 rings (SSSR count). The number of rotatable bonds is 6. The number of pyridine rings is 1. The predicted molar refractivity (Wildman–Crippen MR) is 63.8 cm³/mol. The van der Waals surface area contributed by atoms with Gasteiger partial charge in [0, 0.05) is 25.9 Å². The van der Waals surface area contributed by atoms with Crippen LogP contribution in [-0.2, 0) is 16.0 Å². The van der Waals surface area contributed by atoms with Gasteiger partial charge in [-0.3, -0.25) is 4.98 Å². The Morgan fingerprint density at radius 1 is 1.47 bits per heavy atom. The molecule has 0 saturated heterocycles. The zero-order valence-corrected chi connectivity index (χ0v) is 10.4. The van der Waals surface area contributed by atoms with Crippen molar-refractivity contribution in [2.45, 2.75) is 19.5 Å². The quantitative estimate of drug-likeness (QED) is 0.749. The van der Waals surface area contributed by atoms with Gasteiger partial charge in [-0.2, -0.15) is 0 Å². The fraction of sp³-hybridized carbons (Fsp3) is 0.500. The third kappa shape index (κ3) is 4.50. The van der Waals surface area contributed by atoms with Crippen molar-refractivity contribution in [1.29, 1.82) is 0 Å². The molecule has 1 aromatic heterocycles. The average molecular weight is 238 g/mol. The zero-order chi connectivity index (χ0) is 12.7. The van der Waals surface area contributed by atoms with Gasteiger partial charge in [-0.1, -0.05) is 0 Å². The average Bonchev–Trinajstić information content (AvgIpc) is 2.36. The van der Waals surface area contributed by atoms with E-state index < -0.39 is 0 Å². The molecular weight excluding hydrogens is 220 g/mol. The number of nitrogens with zero attached hydrogens (tertiary/aromatic N) is 1. The van der Waals surface area contributed by atoms with E-state index in [1.807, 2.05) is 6.92 Å². The molecule has 0 spiro atoms. The van der Waals surface area contributed by atoms with Crippen LogP contribution in [0.5, 0.6) is 0 Å². The summed E-state index contributed by atoms with van der Waals surface area (Å²) in [5.41, 5.74) is 1.33. The molecule has 0 aliphatic rings. The van der Waals surface area contributed by atoms with Crippen LogP contribution in [-0.4, -0.2) is 37.8 Å². The standard InChI is InChI=1S/C12H18N2O3/c1-9(8-16-2)13-7-11-5-4-10(6-14-11)12(15)17-3/h4-6,9,13H,7-8H2,1-3H3. The summed E-state index contributed by atoms with van der Waals surface area (Å²) >= 11 is 0. The topological polar surface area (TPSA) is 60.5 Å². The lowest BCUT2D eigenvalue weighted by Crippen LogP contribution is -2.29. The van der Waals surface area contributed by atoms with Gasteiger partial charge in [-0.25, -0.2) is 4.79 Å². The van der Waals surface area contributed by atoms with Crippen molar-refractivity contribution in [3.63, 3.8) is 0 Å². The van der Waals surface area contributed by atoms with Crippen molar-refractivity contribution in [1.82, 2.24) is 10.3 Å². The maximum atomic E-state index is 11.2. The van der Waals surface area contributed by atoms with Crippen molar-refractivity contribution in [3.8, 4) is 0 Å². The fourth-order valence-electron chi connectivity index (χ4n) is 1.36. The van der Waals surface area contributed by atoms with E-state index in [2.05, 4.69) is 15.0 Å². The van der Waals surface area contributed by atoms with E-state index in [4.69, 9.17) is 4.74 Å². The summed E-state index contributed by atoms with van der Waals surface area (Å²) in [5.74, 6) is -0.371. The van der Waals surface area contributed by atoms with Crippen molar-refractivity contribution < 1.29 is 14.3 Å². The van der Waals surface area contributed by atoms with Gasteiger partial charge < -0.3 is 14.8 Å². The predicted octanol–water partition coefficient (Wildman–Crippen LogP) is 0.993. The van der Waals surface area contributed by atoms with Crippen LogP contribution in [0.25, 0.3) is 0 Å². The molecule has 1 heterocycles. The molecule has 0 amide bonds. The Balaban J connectivity index is 2.48. The van der Waals surface area contributed by atoms with Crippen LogP contribution in [0, 0.1) is 0 Å². The van der Waals surface area contributed by atoms with Gasteiger partial charge in [0.1, 0.15) is 0 Å². The van der Waals surface area contributed by atoms with E-state index >= 15 is 0 Å². The first-order valence-corrected chi connectivity index (χ1v) is 5.43. The maximum absolute atomic E-state index is 11.2. The Labute approximate surface area is 101 Å². The van der Waals surface area contributed by atoms with Gasteiger partial charge in [0.05, 0.1) is 25.0 Å². The van der Waals surface area contributed by atoms with Crippen LogP contribution in [0.3, 0.4) is 0 Å². The van der Waals surface area contributed by atoms with Gasteiger partial charge in [-0.15, -0.1) is 0 Å². The largest absolute Gasteiger partial charge is 0.465 e. The number of hydrogen-bond acceptors (Lipinski definition) is 5. The first-order valence-electron chi connectivity index (χ1n) is 5.43. The highest BCUT2D eigenvalue weighted by Crippen LogP contribution is 2.02. The van der Waals surface area contributed by atoms with E-state index in [9.17, 15) is 4.79 Å². The summed E-state index contributed by atoms with van der Waals surface area (Å²) in [7, 11) is 3.02. The lowest BCUT2D eigenvalue weighted by Gasteiger charge is -2.12. The second kappa shape index (κ2) is 6.98. The first-order chi connectivity index (χ1) is 8.17. The van der Waals surface area contributed by atoms with Crippen molar-refractivity contribution in [2.24, 2.45) is 0 Å². The van der Waals surface area contributed by atoms with E-state index in [0.717, 1.165) is 5.69 Å². The van der Waals surface area contributed by atoms with Gasteiger partial charge in [0.25, 0.3) is 0 Å². The minimum Gasteiger partial charge on any atom is -0.465 e. The Morgan fingerprint density at radius 3 is 2.76 bits per heavy atom. The second-order valence-electron chi connectivity index (χ2n) is 3.77. The third-order valence-electron chi connectivity index (χ3n) is 2.29. The van der Waals surface area contributed by atoms with Gasteiger partial charge >= 0.3 is 5.97 Å². The lowest BCUT2D eigenvalue weighted by molar-refractivity contribution is 0.0600. The second-order valence-corrected chi connectivity index (χ2v) is 3.77. The molecule has 17 heavy (non-hydrogen) atoms. The minimum absolute atomic E-state index is 0.266. The molecule has 0 bridgehead atoms. The molecule has 0 aliphatic heterocycles. The molecule has 0 aliphatic carbocycles. The molecule has 0 saturated carbocycles. The van der Waals surface area contributed by atoms with Gasteiger partial charge in [0.15, 0.2) is 0 Å². The highest BCUT2D eigenvalue weighted by atomic mass is 16.5. The number of aromatic nitrogens is 1. The zero-order valence-electron chi connectivity index (χ0n) is 10.4. The molecule has 1 aromatic rings. The van der Waals surface area contributed by atoms with Crippen LogP contribution in [0.1, 0.15) is 23.0 Å². The van der Waals surface area contributed by atoms with Crippen molar-refractivity contribution in [3.05, 3.63) is 29.6 Å². The number of hydrogen-bond donors (Lipinski definition) is 1. The van der Waals surface area contributed by atoms with Crippen LogP contribution < -0.4 is 5.32 Å². The number of esters is 1. The summed E-state index contributed by atoms with van der Waals surface area (Å²) in [5, 5.41) is 3.26. The molecule has 1 unspecified atom stereocenters. The Kier molecular flexibility index (Phi) is 5.59. The SMILES string of the molecule is COCC(C)NCc1ccc(C(=O)OC)cn1. The molecule has 5 heteroatoms. The maximum Gasteiger partial charge on any atom is 0.339 e. The summed E-state index contributed by atoms with van der Waals surface area (Å²) in [6, 6.07) is 3.78. The van der Waals surface area contributed by atoms with E-state index in [1.54, 1.807) is 19.2 Å². The van der Waals surface area contributed by atoms with Crippen LogP contribution >= 0.6 is 0 Å². The normalized spacial score (nSPS) is 12.2. The Morgan fingerprint density at radius 2 is 2.24 bits per heavy atom. The van der Waals surface area contributed by atoms with Crippen LogP contribution in [0.2, 0.25) is 0 Å². The molecule has 94 valence electrons. The van der Waals surface area contributed by atoms with E-state index in [0.29, 0.717) is 18.7 Å². The molecule has 0 aromatic carbocycles. The smallest absolute Gasteiger partial charge is 0.339 e. The molecular formula is C12H18N2O3. The van der Waals surface area contributed by atoms with Gasteiger partial charge in [0.2, 0.25) is 0 Å². The molecule has 1 N–H and O–H groups in total. The molecule has 1 atom stereocenters. The fourth-order valence-corrected chi connectivity index (χ4v) is 1.36. The number of carbonyl (C=O) groups excluding carboxylic acids is 1. The Hall–Kier alpha value is -1.46. The highest BCUT2D eigenvalue weighted by Gasteiger charge is 2.06. The summed E-state index contributed by atoms with van der Waals surface area (Å²) in [4.78, 5) is 15.4. The third-order valence-corrected chi connectivity index (χ3v) is 2.29. The van der Waals surface area contributed by atoms with Crippen molar-refractivity contribution >= 4 is 5.97 Å². The number of methoxy groups -OCH3 is 2.